The van der Waals surface area contributed by atoms with Gasteiger partial charge in [-0.05, 0) is 12.1 Å². The summed E-state index contributed by atoms with van der Waals surface area (Å²) in [5.41, 5.74) is 3.85. The van der Waals surface area contributed by atoms with Crippen molar-refractivity contribution < 1.29 is 45.2 Å². The third-order valence-corrected chi connectivity index (χ3v) is 1.88. The van der Waals surface area contributed by atoms with Crippen LogP contribution >= 0.6 is 8.69 Å². The average molecular weight is 235 g/mol. The number of hydrazone groups is 1. The van der Waals surface area contributed by atoms with Crippen molar-refractivity contribution in [3.63, 3.8) is 0 Å². The summed E-state index contributed by atoms with van der Waals surface area (Å²) < 4.78 is 14.9. The summed E-state index contributed by atoms with van der Waals surface area (Å²) >= 11 is 0. The molecule has 0 saturated heterocycles. The standard InChI is InChI=1S/C9H11N2O2P.Na.H/c1-2-9(13-14-12)11-10-8-6-4-3-5-7-8;;/h3-7,10H,2H2,1H3;;/q;+1;-1/p+1. The van der Waals surface area contributed by atoms with Gasteiger partial charge < -0.3 is 5.95 Å². The van der Waals surface area contributed by atoms with Crippen LogP contribution in [0.5, 0.6) is 0 Å². The van der Waals surface area contributed by atoms with Crippen LogP contribution in [-0.4, -0.2) is 5.90 Å². The largest absolute Gasteiger partial charge is 1.00 e. The van der Waals surface area contributed by atoms with Crippen molar-refractivity contribution in [2.75, 3.05) is 5.43 Å². The molecule has 0 fully saturated rings. The van der Waals surface area contributed by atoms with Gasteiger partial charge in [-0.3, -0.25) is 0 Å². The van der Waals surface area contributed by atoms with E-state index < -0.39 is 0 Å². The fraction of sp³-hybridized carbons (Fsp3) is 0.222. The average Bonchev–Trinajstić information content (AvgIpc) is 2.25. The van der Waals surface area contributed by atoms with Gasteiger partial charge in [-0.2, -0.15) is 5.43 Å². The SMILES string of the molecule is CCC(=[NH+]Nc1ccccc1)OP=O.[H-].[Na+]. The summed E-state index contributed by atoms with van der Waals surface area (Å²) in [6, 6.07) is 9.59. The number of rotatable bonds is 4. The maximum atomic E-state index is 10.2. The first kappa shape index (κ1) is 14.6. The molecule has 1 aromatic carbocycles. The van der Waals surface area contributed by atoms with Crippen molar-refractivity contribution in [1.82, 2.24) is 0 Å². The summed E-state index contributed by atoms with van der Waals surface area (Å²) in [4.78, 5) is 0. The molecule has 0 heterocycles. The quantitative estimate of drug-likeness (QED) is 0.214. The Kier molecular flexibility index (Phi) is 8.62. The third kappa shape index (κ3) is 5.90. The zero-order chi connectivity index (χ0) is 10.2. The molecule has 0 saturated carbocycles. The van der Waals surface area contributed by atoms with Crippen LogP contribution in [0.1, 0.15) is 14.8 Å². The molecule has 0 aliphatic carbocycles. The van der Waals surface area contributed by atoms with Crippen LogP contribution in [0.2, 0.25) is 0 Å². The Morgan fingerprint density at radius 2 is 2.20 bits per heavy atom. The van der Waals surface area contributed by atoms with Gasteiger partial charge in [-0.1, -0.05) is 30.2 Å². The Balaban J connectivity index is 0. The summed E-state index contributed by atoms with van der Waals surface area (Å²) in [5.74, 6) is 0.533. The Morgan fingerprint density at radius 3 is 2.73 bits per heavy atom. The number of anilines is 1. The molecule has 15 heavy (non-hydrogen) atoms. The minimum atomic E-state index is -0.349. The monoisotopic (exact) mass is 235 g/mol. The molecule has 2 N–H and O–H groups in total. The van der Waals surface area contributed by atoms with E-state index in [9.17, 15) is 4.57 Å². The number of benzene rings is 1. The predicted molar refractivity (Wildman–Crippen MR) is 56.1 cm³/mol. The number of hydrogen-bond donors (Lipinski definition) is 2. The van der Waals surface area contributed by atoms with Crippen LogP contribution < -0.4 is 40.1 Å². The second-order valence-corrected chi connectivity index (χ2v) is 2.89. The molecule has 0 bridgehead atoms. The second kappa shape index (κ2) is 8.86. The van der Waals surface area contributed by atoms with Gasteiger partial charge in [-0.25, -0.2) is 4.57 Å². The van der Waals surface area contributed by atoms with E-state index in [1.165, 1.54) is 0 Å². The first-order chi connectivity index (χ1) is 6.86. The first-order valence-corrected chi connectivity index (χ1v) is 5.02. The van der Waals surface area contributed by atoms with Crippen LogP contribution in [0.4, 0.5) is 5.69 Å². The van der Waals surface area contributed by atoms with E-state index in [0.717, 1.165) is 5.69 Å². The number of hydrogen-bond acceptors (Lipinski definition) is 3. The van der Waals surface area contributed by atoms with Crippen molar-refractivity contribution >= 4 is 20.3 Å². The molecule has 1 rings (SSSR count). The Hall–Kier alpha value is -0.410. The Morgan fingerprint density at radius 1 is 1.53 bits per heavy atom. The molecule has 4 nitrogen and oxygen atoms in total. The Bertz CT molecular complexity index is 325. The molecule has 0 aliphatic heterocycles. The Labute approximate surface area is 114 Å². The zero-order valence-corrected chi connectivity index (χ0v) is 11.8. The summed E-state index contributed by atoms with van der Waals surface area (Å²) in [7, 11) is -0.349. The van der Waals surface area contributed by atoms with Gasteiger partial charge in [0.05, 0.1) is 12.1 Å². The van der Waals surface area contributed by atoms with Crippen molar-refractivity contribution in [1.29, 1.82) is 0 Å². The van der Waals surface area contributed by atoms with E-state index >= 15 is 0 Å². The second-order valence-electron chi connectivity index (χ2n) is 2.56. The number of hydrazine groups is 1. The molecule has 0 aromatic heterocycles. The van der Waals surface area contributed by atoms with E-state index in [1.807, 2.05) is 37.3 Å². The smallest absolute Gasteiger partial charge is 1.00 e. The van der Waals surface area contributed by atoms with E-state index in [0.29, 0.717) is 12.3 Å². The molecule has 6 heteroatoms. The van der Waals surface area contributed by atoms with Gasteiger partial charge in [0.15, 0.2) is 0 Å². The van der Waals surface area contributed by atoms with Gasteiger partial charge >= 0.3 is 44.1 Å². The molecule has 0 unspecified atom stereocenters. The van der Waals surface area contributed by atoms with Crippen LogP contribution in [0.3, 0.4) is 0 Å². The fourth-order valence-corrected chi connectivity index (χ4v) is 1.15. The van der Waals surface area contributed by atoms with Crippen LogP contribution in [0.25, 0.3) is 0 Å². The predicted octanol–water partition coefficient (Wildman–Crippen LogP) is -1.76. The van der Waals surface area contributed by atoms with E-state index in [2.05, 4.69) is 10.5 Å². The van der Waals surface area contributed by atoms with Crippen molar-refractivity contribution in [2.45, 2.75) is 13.3 Å². The van der Waals surface area contributed by atoms with Gasteiger partial charge in [0.2, 0.25) is 0 Å². The third-order valence-electron chi connectivity index (χ3n) is 1.59. The number of nitrogens with one attached hydrogen (secondary N) is 2. The van der Waals surface area contributed by atoms with E-state index in [4.69, 9.17) is 4.52 Å². The normalized spacial score (nSPS) is 10.6. The fourth-order valence-electron chi connectivity index (χ4n) is 0.884. The van der Waals surface area contributed by atoms with Crippen molar-refractivity contribution in [2.24, 2.45) is 0 Å². The maximum absolute atomic E-state index is 10.2. The van der Waals surface area contributed by atoms with Crippen LogP contribution in [-0.2, 0) is 9.09 Å². The summed E-state index contributed by atoms with van der Waals surface area (Å²) in [6.07, 6.45) is 0.648. The van der Waals surface area contributed by atoms with Gasteiger partial charge in [0, 0.05) is 0 Å². The van der Waals surface area contributed by atoms with Gasteiger partial charge in [0.25, 0.3) is 0 Å². The van der Waals surface area contributed by atoms with Gasteiger partial charge in [-0.15, -0.1) is 0 Å². The van der Waals surface area contributed by atoms with E-state index in [-0.39, 0.29) is 39.7 Å². The molecular weight excluding hydrogens is 222 g/mol. The summed E-state index contributed by atoms with van der Waals surface area (Å²) in [6.45, 7) is 1.90. The van der Waals surface area contributed by atoms with Crippen LogP contribution in [0.15, 0.2) is 30.3 Å². The first-order valence-electron chi connectivity index (χ1n) is 4.29. The number of para-hydroxylation sites is 1. The molecule has 76 valence electrons. The van der Waals surface area contributed by atoms with Crippen molar-refractivity contribution in [3.8, 4) is 0 Å². The van der Waals surface area contributed by atoms with Crippen molar-refractivity contribution in [3.05, 3.63) is 30.3 Å². The molecule has 1 aromatic rings. The molecular formula is C9H13N2NaO2P+. The molecule has 0 amide bonds. The minimum absolute atomic E-state index is 0. The van der Waals surface area contributed by atoms with Gasteiger partial charge in [0.1, 0.15) is 0 Å². The van der Waals surface area contributed by atoms with E-state index in [1.54, 1.807) is 0 Å². The topological polar surface area (TPSA) is 52.3 Å². The molecule has 0 aliphatic rings. The minimum Gasteiger partial charge on any atom is -1.00 e. The zero-order valence-electron chi connectivity index (χ0n) is 9.86. The molecule has 0 radical (unpaired) electrons. The molecule has 0 spiro atoms. The molecule has 0 atom stereocenters. The summed E-state index contributed by atoms with van der Waals surface area (Å²) in [5, 5.41) is 2.82. The van der Waals surface area contributed by atoms with Crippen LogP contribution in [0, 0.1) is 0 Å². The maximum Gasteiger partial charge on any atom is 1.00 e.